The summed E-state index contributed by atoms with van der Waals surface area (Å²) < 4.78 is 0. The van der Waals surface area contributed by atoms with Crippen molar-refractivity contribution in [3.05, 3.63) is 60.2 Å². The monoisotopic (exact) mass is 227 g/mol. The zero-order valence-corrected chi connectivity index (χ0v) is 9.50. The fraction of sp³-hybridized carbons (Fsp3) is 0.154. The first-order chi connectivity index (χ1) is 8.27. The molecule has 0 aliphatic rings. The number of aromatic nitrogens is 2. The number of carbonyl (C=O) groups excluding carboxylic acids is 1. The van der Waals surface area contributed by atoms with Gasteiger partial charge in [0.25, 0.3) is 5.91 Å². The molecule has 4 heteroatoms. The van der Waals surface area contributed by atoms with Crippen molar-refractivity contribution in [1.82, 2.24) is 15.3 Å². The average molecular weight is 227 g/mol. The summed E-state index contributed by atoms with van der Waals surface area (Å²) in [7, 11) is 0. The van der Waals surface area contributed by atoms with Crippen LogP contribution < -0.4 is 5.32 Å². The topological polar surface area (TPSA) is 54.9 Å². The van der Waals surface area contributed by atoms with Gasteiger partial charge in [-0.15, -0.1) is 0 Å². The van der Waals surface area contributed by atoms with Crippen molar-refractivity contribution in [2.45, 2.75) is 13.0 Å². The Morgan fingerprint density at radius 1 is 1.18 bits per heavy atom. The van der Waals surface area contributed by atoms with Crippen molar-refractivity contribution in [1.29, 1.82) is 0 Å². The van der Waals surface area contributed by atoms with E-state index in [2.05, 4.69) is 15.3 Å². The van der Waals surface area contributed by atoms with Crippen LogP contribution in [0.2, 0.25) is 0 Å². The lowest BCUT2D eigenvalue weighted by atomic mass is 10.1. The van der Waals surface area contributed by atoms with Crippen LogP contribution in [0.3, 0.4) is 0 Å². The smallest absolute Gasteiger partial charge is 0.251 e. The number of hydrogen-bond donors (Lipinski definition) is 1. The molecule has 2 aromatic rings. The van der Waals surface area contributed by atoms with Crippen molar-refractivity contribution in [3.63, 3.8) is 0 Å². The van der Waals surface area contributed by atoms with E-state index in [-0.39, 0.29) is 11.9 Å². The molecule has 1 atom stereocenters. The Morgan fingerprint density at radius 3 is 2.59 bits per heavy atom. The number of nitrogens with zero attached hydrogens (tertiary/aromatic N) is 2. The molecule has 0 saturated carbocycles. The maximum absolute atomic E-state index is 11.9. The summed E-state index contributed by atoms with van der Waals surface area (Å²) in [6.07, 6.45) is 6.66. The highest BCUT2D eigenvalue weighted by molar-refractivity contribution is 5.94. The molecule has 0 radical (unpaired) electrons. The average Bonchev–Trinajstić information content (AvgIpc) is 2.40. The normalized spacial score (nSPS) is 11.8. The van der Waals surface area contributed by atoms with Gasteiger partial charge in [-0.3, -0.25) is 14.8 Å². The largest absolute Gasteiger partial charge is 0.345 e. The first-order valence-corrected chi connectivity index (χ1v) is 5.38. The highest BCUT2D eigenvalue weighted by Crippen LogP contribution is 2.10. The lowest BCUT2D eigenvalue weighted by Gasteiger charge is -2.13. The van der Waals surface area contributed by atoms with Crippen LogP contribution in [0.4, 0.5) is 0 Å². The predicted molar refractivity (Wildman–Crippen MR) is 64.4 cm³/mol. The standard InChI is InChI=1S/C13H13N3O/c1-10(12-3-2-6-15-9-12)16-13(17)11-4-7-14-8-5-11/h2-10H,1H3,(H,16,17)/t10-/m0/s1. The van der Waals surface area contributed by atoms with Crippen molar-refractivity contribution >= 4 is 5.91 Å². The lowest BCUT2D eigenvalue weighted by molar-refractivity contribution is 0.0939. The van der Waals surface area contributed by atoms with E-state index in [1.165, 1.54) is 0 Å². The minimum Gasteiger partial charge on any atom is -0.345 e. The Kier molecular flexibility index (Phi) is 3.45. The minimum absolute atomic E-state index is 0.0654. The van der Waals surface area contributed by atoms with Crippen LogP contribution >= 0.6 is 0 Å². The second-order valence-corrected chi connectivity index (χ2v) is 3.72. The molecule has 0 fully saturated rings. The van der Waals surface area contributed by atoms with Gasteiger partial charge in [-0.25, -0.2) is 0 Å². The zero-order chi connectivity index (χ0) is 12.1. The van der Waals surface area contributed by atoms with Gasteiger partial charge in [-0.1, -0.05) is 6.07 Å². The first kappa shape index (κ1) is 11.3. The Balaban J connectivity index is 2.05. The van der Waals surface area contributed by atoms with Crippen molar-refractivity contribution in [3.8, 4) is 0 Å². The molecule has 2 aromatic heterocycles. The summed E-state index contributed by atoms with van der Waals surface area (Å²) in [6.45, 7) is 1.93. The second kappa shape index (κ2) is 5.21. The van der Waals surface area contributed by atoms with Gasteiger partial charge in [0.2, 0.25) is 0 Å². The maximum atomic E-state index is 11.9. The molecule has 0 unspecified atom stereocenters. The molecule has 0 aliphatic carbocycles. The Hall–Kier alpha value is -2.23. The molecule has 17 heavy (non-hydrogen) atoms. The Bertz CT molecular complexity index is 485. The number of rotatable bonds is 3. The summed E-state index contributed by atoms with van der Waals surface area (Å²) in [5.74, 6) is -0.108. The molecule has 0 aromatic carbocycles. The van der Waals surface area contributed by atoms with Gasteiger partial charge in [0.1, 0.15) is 0 Å². The van der Waals surface area contributed by atoms with Crippen molar-refractivity contribution < 1.29 is 4.79 Å². The van der Waals surface area contributed by atoms with E-state index in [1.54, 1.807) is 36.9 Å². The van der Waals surface area contributed by atoms with Crippen molar-refractivity contribution in [2.75, 3.05) is 0 Å². The number of amides is 1. The minimum atomic E-state index is -0.108. The van der Waals surface area contributed by atoms with Gasteiger partial charge in [0, 0.05) is 30.4 Å². The fourth-order valence-electron chi connectivity index (χ4n) is 1.50. The first-order valence-electron chi connectivity index (χ1n) is 5.38. The van der Waals surface area contributed by atoms with Crippen LogP contribution in [0.1, 0.15) is 28.9 Å². The van der Waals surface area contributed by atoms with Crippen LogP contribution in [-0.2, 0) is 0 Å². The summed E-state index contributed by atoms with van der Waals surface area (Å²) >= 11 is 0. The summed E-state index contributed by atoms with van der Waals surface area (Å²) in [5, 5.41) is 2.91. The molecule has 2 heterocycles. The number of nitrogens with one attached hydrogen (secondary N) is 1. The number of hydrogen-bond acceptors (Lipinski definition) is 3. The molecule has 0 spiro atoms. The van der Waals surface area contributed by atoms with E-state index in [9.17, 15) is 4.79 Å². The van der Waals surface area contributed by atoms with Gasteiger partial charge in [0.05, 0.1) is 6.04 Å². The Morgan fingerprint density at radius 2 is 1.94 bits per heavy atom. The highest BCUT2D eigenvalue weighted by Gasteiger charge is 2.10. The maximum Gasteiger partial charge on any atom is 0.251 e. The predicted octanol–water partition coefficient (Wildman–Crippen LogP) is 1.97. The van der Waals surface area contributed by atoms with E-state index in [4.69, 9.17) is 0 Å². The van der Waals surface area contributed by atoms with Crippen LogP contribution in [0.15, 0.2) is 49.1 Å². The third-order valence-electron chi connectivity index (χ3n) is 2.47. The molecule has 2 rings (SSSR count). The molecule has 86 valence electrons. The summed E-state index contributed by atoms with van der Waals surface area (Å²) in [5.41, 5.74) is 1.59. The SMILES string of the molecule is C[C@H](NC(=O)c1ccncc1)c1cccnc1. The molecule has 0 aliphatic heterocycles. The number of pyridine rings is 2. The van der Waals surface area contributed by atoms with Crippen LogP contribution in [0.5, 0.6) is 0 Å². The molecule has 1 N–H and O–H groups in total. The van der Waals surface area contributed by atoms with Gasteiger partial charge < -0.3 is 5.32 Å². The van der Waals surface area contributed by atoms with Crippen LogP contribution in [-0.4, -0.2) is 15.9 Å². The second-order valence-electron chi connectivity index (χ2n) is 3.72. The Labute approximate surface area is 99.7 Å². The molecule has 4 nitrogen and oxygen atoms in total. The molecule has 0 saturated heterocycles. The third kappa shape index (κ3) is 2.87. The van der Waals surface area contributed by atoms with Gasteiger partial charge >= 0.3 is 0 Å². The van der Waals surface area contributed by atoms with Gasteiger partial charge in [0.15, 0.2) is 0 Å². The van der Waals surface area contributed by atoms with Crippen LogP contribution in [0, 0.1) is 0 Å². The fourth-order valence-corrected chi connectivity index (χ4v) is 1.50. The van der Waals surface area contributed by atoms with Crippen molar-refractivity contribution in [2.24, 2.45) is 0 Å². The quantitative estimate of drug-likeness (QED) is 0.872. The lowest BCUT2D eigenvalue weighted by Crippen LogP contribution is -2.26. The third-order valence-corrected chi connectivity index (χ3v) is 2.47. The molecular weight excluding hydrogens is 214 g/mol. The van der Waals surface area contributed by atoms with Gasteiger partial charge in [-0.05, 0) is 30.7 Å². The van der Waals surface area contributed by atoms with E-state index >= 15 is 0 Å². The van der Waals surface area contributed by atoms with E-state index in [0.29, 0.717) is 5.56 Å². The van der Waals surface area contributed by atoms with Crippen LogP contribution in [0.25, 0.3) is 0 Å². The molecule has 1 amide bonds. The summed E-state index contributed by atoms with van der Waals surface area (Å²) in [4.78, 5) is 19.8. The molecular formula is C13H13N3O. The van der Waals surface area contributed by atoms with Gasteiger partial charge in [-0.2, -0.15) is 0 Å². The van der Waals surface area contributed by atoms with E-state index in [0.717, 1.165) is 5.56 Å². The summed E-state index contributed by atoms with van der Waals surface area (Å²) in [6, 6.07) is 7.09. The number of carbonyl (C=O) groups is 1. The van der Waals surface area contributed by atoms with E-state index < -0.39 is 0 Å². The zero-order valence-electron chi connectivity index (χ0n) is 9.50. The molecule has 0 bridgehead atoms. The van der Waals surface area contributed by atoms with E-state index in [1.807, 2.05) is 19.1 Å². The highest BCUT2D eigenvalue weighted by atomic mass is 16.1.